The largest absolute Gasteiger partial charge is 0.384 e. The second kappa shape index (κ2) is 6.23. The molecule has 1 atom stereocenters. The lowest BCUT2D eigenvalue weighted by Gasteiger charge is -2.26. The van der Waals surface area contributed by atoms with Gasteiger partial charge in [0.2, 0.25) is 0 Å². The summed E-state index contributed by atoms with van der Waals surface area (Å²) in [7, 11) is 1.96. The van der Waals surface area contributed by atoms with Crippen molar-refractivity contribution in [3.05, 3.63) is 48.3 Å². The minimum Gasteiger partial charge on any atom is -0.384 e. The monoisotopic (exact) mass is 277 g/mol. The SMILES string of the molecule is Cn1ccnc1SCCC(O)(CN)c1ccccc1. The fourth-order valence-corrected chi connectivity index (χ4v) is 2.94. The van der Waals surface area contributed by atoms with Gasteiger partial charge in [0.15, 0.2) is 5.16 Å². The molecule has 4 nitrogen and oxygen atoms in total. The van der Waals surface area contributed by atoms with Gasteiger partial charge in [-0.25, -0.2) is 4.98 Å². The number of hydrogen-bond acceptors (Lipinski definition) is 4. The summed E-state index contributed by atoms with van der Waals surface area (Å²) in [5, 5.41) is 11.6. The van der Waals surface area contributed by atoms with Gasteiger partial charge in [-0.15, -0.1) is 0 Å². The van der Waals surface area contributed by atoms with E-state index in [1.54, 1.807) is 18.0 Å². The van der Waals surface area contributed by atoms with Crippen molar-refractivity contribution in [3.8, 4) is 0 Å². The molecular weight excluding hydrogens is 258 g/mol. The van der Waals surface area contributed by atoms with Crippen molar-refractivity contribution in [2.45, 2.75) is 17.2 Å². The van der Waals surface area contributed by atoms with Crippen LogP contribution >= 0.6 is 11.8 Å². The van der Waals surface area contributed by atoms with E-state index in [9.17, 15) is 5.11 Å². The molecule has 0 aliphatic carbocycles. The van der Waals surface area contributed by atoms with E-state index in [1.165, 1.54) is 0 Å². The molecule has 2 rings (SSSR count). The predicted molar refractivity (Wildman–Crippen MR) is 77.9 cm³/mol. The number of thioether (sulfide) groups is 1. The molecule has 0 radical (unpaired) electrons. The molecule has 102 valence electrons. The first-order valence-corrected chi connectivity index (χ1v) is 7.22. The van der Waals surface area contributed by atoms with E-state index in [1.807, 2.05) is 48.1 Å². The Balaban J connectivity index is 1.98. The number of aryl methyl sites for hydroxylation is 1. The first-order valence-electron chi connectivity index (χ1n) is 6.24. The van der Waals surface area contributed by atoms with Crippen LogP contribution in [-0.2, 0) is 12.6 Å². The van der Waals surface area contributed by atoms with E-state index in [4.69, 9.17) is 5.73 Å². The summed E-state index contributed by atoms with van der Waals surface area (Å²) >= 11 is 1.63. The topological polar surface area (TPSA) is 64.1 Å². The van der Waals surface area contributed by atoms with Crippen molar-refractivity contribution in [1.29, 1.82) is 0 Å². The van der Waals surface area contributed by atoms with Crippen LogP contribution < -0.4 is 5.73 Å². The predicted octanol–water partition coefficient (Wildman–Crippen LogP) is 1.75. The molecule has 0 saturated carbocycles. The van der Waals surface area contributed by atoms with E-state index in [-0.39, 0.29) is 6.54 Å². The van der Waals surface area contributed by atoms with Crippen LogP contribution in [0.25, 0.3) is 0 Å². The fraction of sp³-hybridized carbons (Fsp3) is 0.357. The second-order valence-corrected chi connectivity index (χ2v) is 5.58. The smallest absolute Gasteiger partial charge is 0.167 e. The molecule has 5 heteroatoms. The maximum absolute atomic E-state index is 10.6. The highest BCUT2D eigenvalue weighted by Crippen LogP contribution is 2.27. The van der Waals surface area contributed by atoms with Crippen molar-refractivity contribution in [2.24, 2.45) is 12.8 Å². The molecular formula is C14H19N3OS. The Hall–Kier alpha value is -1.30. The third-order valence-electron chi connectivity index (χ3n) is 3.17. The standard InChI is InChI=1S/C14H19N3OS/c1-17-9-8-16-13(17)19-10-7-14(18,11-15)12-5-3-2-4-6-12/h2-6,8-9,18H,7,10-11,15H2,1H3. The van der Waals surface area contributed by atoms with Gasteiger partial charge in [0, 0.05) is 31.7 Å². The Bertz CT molecular complexity index is 514. The van der Waals surface area contributed by atoms with Gasteiger partial charge in [-0.3, -0.25) is 0 Å². The minimum absolute atomic E-state index is 0.220. The van der Waals surface area contributed by atoms with Crippen molar-refractivity contribution < 1.29 is 5.11 Å². The summed E-state index contributed by atoms with van der Waals surface area (Å²) in [6.07, 6.45) is 4.29. The number of nitrogens with zero attached hydrogens (tertiary/aromatic N) is 2. The van der Waals surface area contributed by atoms with Gasteiger partial charge >= 0.3 is 0 Å². The maximum atomic E-state index is 10.6. The lowest BCUT2D eigenvalue weighted by molar-refractivity contribution is 0.0431. The van der Waals surface area contributed by atoms with Crippen LogP contribution in [0.2, 0.25) is 0 Å². The molecule has 0 fully saturated rings. The van der Waals surface area contributed by atoms with Gasteiger partial charge in [0.25, 0.3) is 0 Å². The average molecular weight is 277 g/mol. The molecule has 3 N–H and O–H groups in total. The molecule has 2 aromatic rings. The zero-order chi connectivity index (χ0) is 13.7. The molecule has 0 aliphatic rings. The quantitative estimate of drug-likeness (QED) is 0.790. The van der Waals surface area contributed by atoms with Crippen LogP contribution in [0.4, 0.5) is 0 Å². The molecule has 1 aromatic heterocycles. The van der Waals surface area contributed by atoms with E-state index in [0.717, 1.165) is 16.5 Å². The summed E-state index contributed by atoms with van der Waals surface area (Å²) in [5.41, 5.74) is 5.66. The Kier molecular flexibility index (Phi) is 4.63. The Morgan fingerprint density at radius 2 is 2.11 bits per heavy atom. The van der Waals surface area contributed by atoms with E-state index in [2.05, 4.69) is 4.98 Å². The number of aromatic nitrogens is 2. The molecule has 19 heavy (non-hydrogen) atoms. The third-order valence-corrected chi connectivity index (χ3v) is 4.23. The summed E-state index contributed by atoms with van der Waals surface area (Å²) in [5.74, 6) is 0.771. The Morgan fingerprint density at radius 1 is 1.37 bits per heavy atom. The maximum Gasteiger partial charge on any atom is 0.167 e. The summed E-state index contributed by atoms with van der Waals surface area (Å²) in [4.78, 5) is 4.25. The number of imidazole rings is 1. The van der Waals surface area contributed by atoms with Crippen LogP contribution in [0, 0.1) is 0 Å². The minimum atomic E-state index is -0.959. The number of aliphatic hydroxyl groups is 1. The Labute approximate surface area is 117 Å². The van der Waals surface area contributed by atoms with Crippen LogP contribution in [0.1, 0.15) is 12.0 Å². The molecule has 1 aromatic carbocycles. The van der Waals surface area contributed by atoms with Gasteiger partial charge in [0.1, 0.15) is 5.60 Å². The number of benzene rings is 1. The molecule has 0 aliphatic heterocycles. The lowest BCUT2D eigenvalue weighted by atomic mass is 9.91. The first kappa shape index (κ1) is 14.1. The van der Waals surface area contributed by atoms with E-state index >= 15 is 0 Å². The van der Waals surface area contributed by atoms with Gasteiger partial charge in [0.05, 0.1) is 0 Å². The lowest BCUT2D eigenvalue weighted by Crippen LogP contribution is -2.35. The van der Waals surface area contributed by atoms with Crippen molar-refractivity contribution in [3.63, 3.8) is 0 Å². The van der Waals surface area contributed by atoms with Crippen LogP contribution in [0.5, 0.6) is 0 Å². The number of nitrogens with two attached hydrogens (primary N) is 1. The van der Waals surface area contributed by atoms with Crippen LogP contribution in [-0.4, -0.2) is 27.0 Å². The highest BCUT2D eigenvalue weighted by atomic mass is 32.2. The Morgan fingerprint density at radius 3 is 2.68 bits per heavy atom. The number of rotatable bonds is 6. The summed E-state index contributed by atoms with van der Waals surface area (Å²) < 4.78 is 1.97. The summed E-state index contributed by atoms with van der Waals surface area (Å²) in [6.45, 7) is 0.220. The van der Waals surface area contributed by atoms with Gasteiger partial charge in [-0.2, -0.15) is 0 Å². The van der Waals surface area contributed by atoms with Gasteiger partial charge < -0.3 is 15.4 Å². The molecule has 0 amide bonds. The van der Waals surface area contributed by atoms with Crippen LogP contribution in [0.15, 0.2) is 47.9 Å². The molecule has 1 heterocycles. The van der Waals surface area contributed by atoms with E-state index < -0.39 is 5.60 Å². The first-order chi connectivity index (χ1) is 9.15. The van der Waals surface area contributed by atoms with Crippen molar-refractivity contribution >= 4 is 11.8 Å². The van der Waals surface area contributed by atoms with Crippen molar-refractivity contribution in [2.75, 3.05) is 12.3 Å². The normalized spacial score (nSPS) is 14.3. The molecule has 0 bridgehead atoms. The van der Waals surface area contributed by atoms with Crippen LogP contribution in [0.3, 0.4) is 0 Å². The zero-order valence-electron chi connectivity index (χ0n) is 11.0. The summed E-state index contributed by atoms with van der Waals surface area (Å²) in [6, 6.07) is 9.60. The fourth-order valence-electron chi connectivity index (χ4n) is 1.91. The van der Waals surface area contributed by atoms with Crippen molar-refractivity contribution in [1.82, 2.24) is 9.55 Å². The molecule has 1 unspecified atom stereocenters. The van der Waals surface area contributed by atoms with E-state index in [0.29, 0.717) is 6.42 Å². The third kappa shape index (κ3) is 3.37. The van der Waals surface area contributed by atoms with Gasteiger partial charge in [-0.1, -0.05) is 42.1 Å². The highest BCUT2D eigenvalue weighted by molar-refractivity contribution is 7.99. The second-order valence-electron chi connectivity index (χ2n) is 4.52. The highest BCUT2D eigenvalue weighted by Gasteiger charge is 2.27. The zero-order valence-corrected chi connectivity index (χ0v) is 11.8. The molecule has 0 saturated heterocycles. The molecule has 0 spiro atoms. The average Bonchev–Trinajstić information content (AvgIpc) is 2.85. The number of hydrogen-bond donors (Lipinski definition) is 2. The van der Waals surface area contributed by atoms with Gasteiger partial charge in [-0.05, 0) is 12.0 Å².